The van der Waals surface area contributed by atoms with Gasteiger partial charge in [-0.05, 0) is 24.0 Å². The Labute approximate surface area is 165 Å². The minimum Gasteiger partial charge on any atom is -0.494 e. The average Bonchev–Trinajstić information content (AvgIpc) is 3.17. The summed E-state index contributed by atoms with van der Waals surface area (Å²) >= 11 is 6.39. The fourth-order valence-electron chi connectivity index (χ4n) is 4.11. The summed E-state index contributed by atoms with van der Waals surface area (Å²) in [7, 11) is 1.45. The van der Waals surface area contributed by atoms with E-state index < -0.39 is 9.85 Å². The summed E-state index contributed by atoms with van der Waals surface area (Å²) in [4.78, 5) is 21.6. The van der Waals surface area contributed by atoms with E-state index in [1.165, 1.54) is 31.4 Å². The third-order valence-corrected chi connectivity index (χ3v) is 5.72. The molecule has 9 heteroatoms. The number of hydrogen-bond donors (Lipinski definition) is 1. The van der Waals surface area contributed by atoms with Crippen molar-refractivity contribution in [3.05, 3.63) is 78.9 Å². The lowest BCUT2D eigenvalue weighted by Gasteiger charge is -2.38. The largest absolute Gasteiger partial charge is 0.494 e. The van der Waals surface area contributed by atoms with Crippen LogP contribution >= 0.6 is 11.6 Å². The Bertz CT molecular complexity index is 1020. The summed E-state index contributed by atoms with van der Waals surface area (Å²) in [5, 5.41) is 26.3. The van der Waals surface area contributed by atoms with Gasteiger partial charge < -0.3 is 10.1 Å². The summed E-state index contributed by atoms with van der Waals surface area (Å²) < 4.78 is 5.40. The van der Waals surface area contributed by atoms with Crippen molar-refractivity contribution < 1.29 is 14.6 Å². The molecule has 0 saturated heterocycles. The number of halogens is 1. The van der Waals surface area contributed by atoms with E-state index in [4.69, 9.17) is 16.3 Å². The van der Waals surface area contributed by atoms with E-state index in [1.807, 2.05) is 12.2 Å². The standard InChI is InChI=1S/C19H16ClN3O5/c1-28-17-9-11(23(26)27)8-14-12-3-2-4-13(12)18(21-19(14)17)15-7-10(22(24)25)5-6-16(15)20/h2-3,5-9,12-13,18,21H,4H2,1H3/t12-,13+,18+/m1/s1. The average molecular weight is 402 g/mol. The topological polar surface area (TPSA) is 108 Å². The van der Waals surface area contributed by atoms with Crippen LogP contribution in [0.5, 0.6) is 5.75 Å². The van der Waals surface area contributed by atoms with Gasteiger partial charge in [0.05, 0.1) is 34.8 Å². The van der Waals surface area contributed by atoms with Crippen molar-refractivity contribution in [1.29, 1.82) is 0 Å². The molecule has 28 heavy (non-hydrogen) atoms. The number of methoxy groups -OCH3 is 1. The molecule has 0 aromatic heterocycles. The second kappa shape index (κ2) is 6.79. The Morgan fingerprint density at radius 1 is 1.11 bits per heavy atom. The molecular weight excluding hydrogens is 386 g/mol. The number of non-ortho nitro benzene ring substituents is 2. The lowest BCUT2D eigenvalue weighted by Crippen LogP contribution is -2.29. The molecule has 2 aliphatic rings. The minimum atomic E-state index is -0.453. The van der Waals surface area contributed by atoms with Crippen LogP contribution in [0.25, 0.3) is 0 Å². The van der Waals surface area contributed by atoms with Gasteiger partial charge in [-0.25, -0.2) is 0 Å². The molecule has 4 rings (SSSR count). The highest BCUT2D eigenvalue weighted by Crippen LogP contribution is 2.54. The zero-order valence-corrected chi connectivity index (χ0v) is 15.6. The maximum absolute atomic E-state index is 11.3. The lowest BCUT2D eigenvalue weighted by atomic mass is 9.76. The molecule has 0 spiro atoms. The summed E-state index contributed by atoms with van der Waals surface area (Å²) in [6, 6.07) is 7.02. The van der Waals surface area contributed by atoms with E-state index in [2.05, 4.69) is 5.32 Å². The van der Waals surface area contributed by atoms with Gasteiger partial charge in [-0.1, -0.05) is 23.8 Å². The van der Waals surface area contributed by atoms with E-state index in [0.29, 0.717) is 22.0 Å². The van der Waals surface area contributed by atoms with Gasteiger partial charge in [-0.3, -0.25) is 20.2 Å². The van der Waals surface area contributed by atoms with Gasteiger partial charge in [0.15, 0.2) is 0 Å². The molecule has 1 N–H and O–H groups in total. The van der Waals surface area contributed by atoms with E-state index in [9.17, 15) is 20.2 Å². The number of nitrogens with zero attached hydrogens (tertiary/aromatic N) is 2. The zero-order chi connectivity index (χ0) is 20.0. The molecule has 144 valence electrons. The van der Waals surface area contributed by atoms with Crippen LogP contribution in [-0.4, -0.2) is 17.0 Å². The Morgan fingerprint density at radius 3 is 2.50 bits per heavy atom. The minimum absolute atomic E-state index is 0.0266. The first kappa shape index (κ1) is 18.2. The molecule has 2 aromatic carbocycles. The lowest BCUT2D eigenvalue weighted by molar-refractivity contribution is -0.385. The number of hydrogen-bond acceptors (Lipinski definition) is 6. The quantitative estimate of drug-likeness (QED) is 0.439. The van der Waals surface area contributed by atoms with Crippen LogP contribution in [0, 0.1) is 26.1 Å². The smallest absolute Gasteiger partial charge is 0.273 e. The second-order valence-electron chi connectivity index (χ2n) is 6.81. The van der Waals surface area contributed by atoms with Crippen LogP contribution < -0.4 is 10.1 Å². The van der Waals surface area contributed by atoms with Gasteiger partial charge in [0.25, 0.3) is 11.4 Å². The van der Waals surface area contributed by atoms with E-state index in [0.717, 1.165) is 12.0 Å². The molecule has 1 aliphatic carbocycles. The number of anilines is 1. The summed E-state index contributed by atoms with van der Waals surface area (Å²) in [5.41, 5.74) is 1.98. The Kier molecular flexibility index (Phi) is 4.43. The highest BCUT2D eigenvalue weighted by molar-refractivity contribution is 6.31. The van der Waals surface area contributed by atoms with Crippen molar-refractivity contribution >= 4 is 28.7 Å². The Hall–Kier alpha value is -3.13. The van der Waals surface area contributed by atoms with Crippen LogP contribution in [0.4, 0.5) is 17.1 Å². The molecule has 1 heterocycles. The third kappa shape index (κ3) is 2.86. The molecule has 0 fully saturated rings. The van der Waals surface area contributed by atoms with Gasteiger partial charge >= 0.3 is 0 Å². The fraction of sp³-hybridized carbons (Fsp3) is 0.263. The SMILES string of the molecule is COc1cc([N+](=O)[O-])cc2c1N[C@H](c1cc([N+](=O)[O-])ccc1Cl)[C@H]1CC=C[C@@H]21. The van der Waals surface area contributed by atoms with E-state index in [1.54, 1.807) is 6.07 Å². The molecule has 0 unspecified atom stereocenters. The summed E-state index contributed by atoms with van der Waals surface area (Å²) in [6.07, 6.45) is 4.77. The number of nitro benzene ring substituents is 2. The number of nitro groups is 2. The van der Waals surface area contributed by atoms with Crippen LogP contribution in [0.1, 0.15) is 29.5 Å². The molecule has 8 nitrogen and oxygen atoms in total. The first-order chi connectivity index (χ1) is 13.4. The maximum Gasteiger partial charge on any atom is 0.273 e. The van der Waals surface area contributed by atoms with Crippen molar-refractivity contribution in [2.75, 3.05) is 12.4 Å². The molecule has 0 bridgehead atoms. The van der Waals surface area contributed by atoms with Gasteiger partial charge in [0, 0.05) is 34.7 Å². The van der Waals surface area contributed by atoms with Gasteiger partial charge in [0.1, 0.15) is 5.75 Å². The third-order valence-electron chi connectivity index (χ3n) is 5.37. The number of benzene rings is 2. The number of ether oxygens (including phenoxy) is 1. The normalized spacial score (nSPS) is 22.1. The predicted molar refractivity (Wildman–Crippen MR) is 104 cm³/mol. The molecule has 0 saturated carbocycles. The molecule has 1 aliphatic heterocycles. The first-order valence-electron chi connectivity index (χ1n) is 8.64. The summed E-state index contributed by atoms with van der Waals surface area (Å²) in [6.45, 7) is 0. The highest BCUT2D eigenvalue weighted by Gasteiger charge is 2.41. The second-order valence-corrected chi connectivity index (χ2v) is 7.21. The van der Waals surface area contributed by atoms with Crippen LogP contribution in [0.3, 0.4) is 0 Å². The zero-order valence-electron chi connectivity index (χ0n) is 14.8. The van der Waals surface area contributed by atoms with Crippen molar-refractivity contribution in [2.24, 2.45) is 5.92 Å². The van der Waals surface area contributed by atoms with Crippen LogP contribution in [0.2, 0.25) is 5.02 Å². The Morgan fingerprint density at radius 2 is 1.82 bits per heavy atom. The van der Waals surface area contributed by atoms with Crippen LogP contribution in [-0.2, 0) is 0 Å². The molecule has 2 aromatic rings. The van der Waals surface area contributed by atoms with E-state index in [-0.39, 0.29) is 29.3 Å². The van der Waals surface area contributed by atoms with Gasteiger partial charge in [0.2, 0.25) is 0 Å². The fourth-order valence-corrected chi connectivity index (χ4v) is 4.34. The van der Waals surface area contributed by atoms with Crippen molar-refractivity contribution in [2.45, 2.75) is 18.4 Å². The first-order valence-corrected chi connectivity index (χ1v) is 9.02. The molecule has 0 radical (unpaired) electrons. The molecule has 3 atom stereocenters. The molecular formula is C19H16ClN3O5. The van der Waals surface area contributed by atoms with Crippen molar-refractivity contribution in [3.63, 3.8) is 0 Å². The van der Waals surface area contributed by atoms with E-state index >= 15 is 0 Å². The predicted octanol–water partition coefficient (Wildman–Crippen LogP) is 4.99. The monoisotopic (exact) mass is 401 g/mol. The number of allylic oxidation sites excluding steroid dienone is 2. The summed E-state index contributed by atoms with van der Waals surface area (Å²) in [5.74, 6) is 0.304. The van der Waals surface area contributed by atoms with Gasteiger partial charge in [-0.2, -0.15) is 0 Å². The number of nitrogens with one attached hydrogen (secondary N) is 1. The van der Waals surface area contributed by atoms with Crippen LogP contribution in [0.15, 0.2) is 42.5 Å². The Balaban J connectivity index is 1.86. The highest BCUT2D eigenvalue weighted by atomic mass is 35.5. The van der Waals surface area contributed by atoms with Crippen molar-refractivity contribution in [1.82, 2.24) is 0 Å². The van der Waals surface area contributed by atoms with Crippen molar-refractivity contribution in [3.8, 4) is 5.75 Å². The number of fused-ring (bicyclic) bond motifs is 3. The molecule has 0 amide bonds. The van der Waals surface area contributed by atoms with Gasteiger partial charge in [-0.15, -0.1) is 0 Å². The maximum atomic E-state index is 11.3. The number of rotatable bonds is 4.